The van der Waals surface area contributed by atoms with Gasteiger partial charge in [-0.25, -0.2) is 27.2 Å². The first-order valence-electron chi connectivity index (χ1n) is 29.3. The molecule has 0 aliphatic carbocycles. The molecule has 3 heterocycles. The average Bonchev–Trinajstić information content (AvgIpc) is 1.20. The normalized spacial score (nSPS) is 13.0. The molecule has 4 atom stereocenters. The summed E-state index contributed by atoms with van der Waals surface area (Å²) >= 11 is 0. The van der Waals surface area contributed by atoms with E-state index in [0.717, 1.165) is 94.6 Å². The van der Waals surface area contributed by atoms with Crippen LogP contribution in [0.1, 0.15) is 108 Å². The van der Waals surface area contributed by atoms with E-state index < -0.39 is 70.2 Å². The number of fused-ring (bicyclic) bond motifs is 2. The van der Waals surface area contributed by atoms with E-state index in [4.69, 9.17) is 9.47 Å². The third kappa shape index (κ3) is 16.8. The SMILES string of the molecule is C1CCOC1.CC[C@H](C)Nc1cc(F)c(C(=O)N[C@@H](Cc2ccc(-c3c(C)cc(C)n(C)c3=O)c3ccccc23)C(=O)O)c(F)c1.CC[C@H](C)Nc1cc(F)c(C(=O)N[C@@H](Cc2ccc(-c3c(C)cc(C)n(C)c3=O)c3ccccc23)C(=O)OC)c(F)c1.[Li+].[OH-]. The largest absolute Gasteiger partial charge is 1.00 e. The van der Waals surface area contributed by atoms with Crippen molar-refractivity contribution in [1.29, 1.82) is 0 Å². The maximum atomic E-state index is 14.9. The molecule has 472 valence electrons. The maximum Gasteiger partial charge on any atom is 1.00 e. The van der Waals surface area contributed by atoms with Gasteiger partial charge < -0.3 is 50.5 Å². The number of nitrogens with one attached hydrogen (secondary N) is 4. The van der Waals surface area contributed by atoms with E-state index in [1.807, 2.05) is 116 Å². The molecule has 1 aliphatic rings. The van der Waals surface area contributed by atoms with E-state index in [2.05, 4.69) is 21.3 Å². The number of pyridine rings is 2. The number of hydrogen-bond donors (Lipinski definition) is 5. The first-order chi connectivity index (χ1) is 41.9. The number of halogens is 4. The molecular formula is C69H77F4LiN6O10. The number of methoxy groups -OCH3 is 1. The van der Waals surface area contributed by atoms with Crippen LogP contribution in [0.3, 0.4) is 0 Å². The number of carbonyl (C=O) groups excluding carboxylic acids is 3. The first kappa shape index (κ1) is 72.2. The number of carboxylic acids is 1. The number of amides is 2. The molecule has 0 unspecified atom stereocenters. The molecule has 0 radical (unpaired) electrons. The summed E-state index contributed by atoms with van der Waals surface area (Å²) < 4.78 is 72.5. The Morgan fingerprint density at radius 2 is 0.933 bits per heavy atom. The molecule has 1 saturated heterocycles. The molecule has 1 fully saturated rings. The summed E-state index contributed by atoms with van der Waals surface area (Å²) in [5.41, 5.74) is 5.63. The Bertz CT molecular complexity index is 4000. The summed E-state index contributed by atoms with van der Waals surface area (Å²) in [6.45, 7) is 17.1. The zero-order valence-corrected chi connectivity index (χ0v) is 52.9. The number of benzene rings is 6. The monoisotopic (exact) mass is 1230 g/mol. The number of hydrogen-bond acceptors (Lipinski definition) is 11. The molecule has 0 bridgehead atoms. The van der Waals surface area contributed by atoms with Crippen molar-refractivity contribution in [2.24, 2.45) is 14.1 Å². The minimum atomic E-state index is -1.47. The molecule has 21 heteroatoms. The van der Waals surface area contributed by atoms with Crippen molar-refractivity contribution < 1.29 is 75.7 Å². The molecule has 9 rings (SSSR count). The number of aryl methyl sites for hydroxylation is 4. The van der Waals surface area contributed by atoms with Gasteiger partial charge in [0.15, 0.2) is 0 Å². The Balaban J connectivity index is 0.000000297. The Kier molecular flexibility index (Phi) is 25.9. The van der Waals surface area contributed by atoms with Gasteiger partial charge in [-0.2, -0.15) is 0 Å². The summed E-state index contributed by atoms with van der Waals surface area (Å²) in [5, 5.41) is 23.6. The van der Waals surface area contributed by atoms with Gasteiger partial charge in [-0.1, -0.05) is 86.6 Å². The Morgan fingerprint density at radius 3 is 1.27 bits per heavy atom. The van der Waals surface area contributed by atoms with Gasteiger partial charge in [0, 0.05) is 75.0 Å². The number of carboxylic acid groups (broad SMARTS) is 1. The fourth-order valence-corrected chi connectivity index (χ4v) is 10.6. The minimum Gasteiger partial charge on any atom is -0.870 e. The Hall–Kier alpha value is -8.54. The van der Waals surface area contributed by atoms with Crippen molar-refractivity contribution in [2.45, 2.75) is 118 Å². The van der Waals surface area contributed by atoms with Gasteiger partial charge in [0.1, 0.15) is 46.5 Å². The van der Waals surface area contributed by atoms with Crippen LogP contribution in [0.5, 0.6) is 0 Å². The smallest absolute Gasteiger partial charge is 0.870 e. The van der Waals surface area contributed by atoms with E-state index in [1.54, 1.807) is 47.5 Å². The van der Waals surface area contributed by atoms with E-state index in [-0.39, 0.29) is 71.8 Å². The molecule has 6 aromatic carbocycles. The Morgan fingerprint density at radius 1 is 0.578 bits per heavy atom. The molecule has 90 heavy (non-hydrogen) atoms. The van der Waals surface area contributed by atoms with Crippen LogP contribution < -0.4 is 51.2 Å². The van der Waals surface area contributed by atoms with Crippen molar-refractivity contribution in [3.05, 3.63) is 198 Å². The quantitative estimate of drug-likeness (QED) is 0.0308. The predicted octanol–water partition coefficient (Wildman–Crippen LogP) is 9.19. The number of aromatic nitrogens is 2. The van der Waals surface area contributed by atoms with Crippen molar-refractivity contribution in [2.75, 3.05) is 31.0 Å². The van der Waals surface area contributed by atoms with Crippen LogP contribution in [-0.2, 0) is 46.0 Å². The zero-order valence-electron chi connectivity index (χ0n) is 52.9. The summed E-state index contributed by atoms with van der Waals surface area (Å²) in [6.07, 6.45) is 3.86. The van der Waals surface area contributed by atoms with Gasteiger partial charge in [-0.05, 0) is 159 Å². The van der Waals surface area contributed by atoms with Gasteiger partial charge in [0.05, 0.1) is 18.2 Å². The molecule has 16 nitrogen and oxygen atoms in total. The summed E-state index contributed by atoms with van der Waals surface area (Å²) in [7, 11) is 4.61. The molecule has 8 aromatic rings. The number of ether oxygens (including phenoxy) is 2. The van der Waals surface area contributed by atoms with Gasteiger partial charge >= 0.3 is 30.8 Å². The molecule has 2 aromatic heterocycles. The number of nitrogens with zero attached hydrogens (tertiary/aromatic N) is 2. The summed E-state index contributed by atoms with van der Waals surface area (Å²) in [6, 6.07) is 27.1. The molecule has 0 spiro atoms. The molecule has 0 saturated carbocycles. The zero-order chi connectivity index (χ0) is 64.3. The van der Waals surface area contributed by atoms with E-state index in [1.165, 1.54) is 20.0 Å². The van der Waals surface area contributed by atoms with Crippen LogP contribution in [0.2, 0.25) is 0 Å². The summed E-state index contributed by atoms with van der Waals surface area (Å²) in [5.74, 6) is -8.65. The number of anilines is 2. The van der Waals surface area contributed by atoms with E-state index in [0.29, 0.717) is 33.2 Å². The summed E-state index contributed by atoms with van der Waals surface area (Å²) in [4.78, 5) is 77.3. The molecule has 2 amide bonds. The van der Waals surface area contributed by atoms with E-state index in [9.17, 15) is 51.4 Å². The van der Waals surface area contributed by atoms with Gasteiger partial charge in [0.2, 0.25) is 0 Å². The van der Waals surface area contributed by atoms with Gasteiger partial charge in [-0.3, -0.25) is 19.2 Å². The molecular weight excluding hydrogens is 1160 g/mol. The maximum absolute atomic E-state index is 14.9. The van der Waals surface area contributed by atoms with Gasteiger partial charge in [0.25, 0.3) is 22.9 Å². The van der Waals surface area contributed by atoms with Crippen molar-refractivity contribution in [3.63, 3.8) is 0 Å². The second-order valence-corrected chi connectivity index (χ2v) is 22.2. The van der Waals surface area contributed by atoms with Crippen molar-refractivity contribution >= 4 is 56.7 Å². The third-order valence-electron chi connectivity index (χ3n) is 16.0. The fraction of sp³-hybridized carbons (Fsp3) is 0.333. The topological polar surface area (TPSA) is 229 Å². The van der Waals surface area contributed by atoms with Crippen molar-refractivity contribution in [3.8, 4) is 22.3 Å². The number of carbonyl (C=O) groups is 4. The second-order valence-electron chi connectivity index (χ2n) is 22.2. The van der Waals surface area contributed by atoms with Crippen LogP contribution in [0.15, 0.2) is 119 Å². The predicted molar refractivity (Wildman–Crippen MR) is 339 cm³/mol. The van der Waals surface area contributed by atoms with Crippen LogP contribution >= 0.6 is 0 Å². The second kappa shape index (κ2) is 32.3. The third-order valence-corrected chi connectivity index (χ3v) is 16.0. The van der Waals surface area contributed by atoms with Crippen LogP contribution in [0.25, 0.3) is 43.8 Å². The van der Waals surface area contributed by atoms with Crippen LogP contribution in [0, 0.1) is 51.0 Å². The number of aliphatic carboxylic acids is 1. The first-order valence-corrected chi connectivity index (χ1v) is 29.3. The Labute approximate surface area is 532 Å². The molecule has 1 aliphatic heterocycles. The van der Waals surface area contributed by atoms with E-state index >= 15 is 0 Å². The number of esters is 1. The minimum absolute atomic E-state index is 0. The van der Waals surface area contributed by atoms with Crippen molar-refractivity contribution in [1.82, 2.24) is 19.8 Å². The number of rotatable bonds is 18. The fourth-order valence-electron chi connectivity index (χ4n) is 10.6. The van der Waals surface area contributed by atoms with Crippen LogP contribution in [-0.4, -0.2) is 88.0 Å². The standard InChI is InChI=1S/C33H35F2N3O4.C32H33F2N3O4.C4H8O.Li.H2O/c1-7-19(3)36-22-16-26(34)30(27(35)17-22)31(39)37-28(33(41)42-6)15-21-12-13-25(24-11-9-8-10-23(21)24)29-18(2)14-20(4)38(5)32(29)40;1-6-18(3)35-21-15-25(33)29(26(34)16-21)30(38)36-27(32(40)41)14-20-11-12-24(23-10-8-7-9-22(20)23)28-17(2)13-19(4)37(5)31(28)39;1-2-4-5-3-1;;/h8-14,16-17,19,28,36H,7,15H2,1-6H3,(H,37,39);7-13,15-16,18,27,35H,6,14H2,1-5H3,(H,36,38)(H,40,41);1-4H2;;1H2/q;;;+1;/p-1/t19-,28-;18-,27-;;;/m00.../s1. The average molecular weight is 1230 g/mol. The molecule has 6 N–H and O–H groups in total. The van der Waals surface area contributed by atoms with Gasteiger partial charge in [-0.15, -0.1) is 0 Å². The van der Waals surface area contributed by atoms with Crippen LogP contribution in [0.4, 0.5) is 28.9 Å².